The zero-order valence-corrected chi connectivity index (χ0v) is 16.3. The molecule has 0 bridgehead atoms. The quantitative estimate of drug-likeness (QED) is 0.466. The van der Waals surface area contributed by atoms with Gasteiger partial charge in [-0.25, -0.2) is 0 Å². The molecule has 1 N–H and O–H groups in total. The number of hydrogen-bond acceptors (Lipinski definition) is 2. The van der Waals surface area contributed by atoms with Crippen LogP contribution in [0.15, 0.2) is 34.7 Å². The molecule has 0 fully saturated rings. The van der Waals surface area contributed by atoms with Crippen molar-refractivity contribution in [2.75, 3.05) is 6.54 Å². The van der Waals surface area contributed by atoms with Gasteiger partial charge in [-0.1, -0.05) is 62.8 Å². The number of benzene rings is 1. The van der Waals surface area contributed by atoms with Crippen LogP contribution in [0, 0.1) is 6.92 Å². The number of unbranched alkanes of at least 4 members (excludes halogenated alkanes) is 5. The van der Waals surface area contributed by atoms with Crippen molar-refractivity contribution >= 4 is 24.0 Å². The fourth-order valence-corrected chi connectivity index (χ4v) is 2.91. The first-order valence-corrected chi connectivity index (χ1v) is 9.15. The Labute approximate surface area is 157 Å². The molecule has 1 aromatic heterocycles. The minimum atomic E-state index is 0. The highest BCUT2D eigenvalue weighted by atomic mass is 35.5. The molecule has 0 saturated heterocycles. The lowest BCUT2D eigenvalue weighted by atomic mass is 10.1. The van der Waals surface area contributed by atoms with Crippen LogP contribution in [0.4, 0.5) is 0 Å². The van der Waals surface area contributed by atoms with Gasteiger partial charge in [-0.05, 0) is 43.7 Å². The lowest BCUT2D eigenvalue weighted by Crippen LogP contribution is -2.14. The summed E-state index contributed by atoms with van der Waals surface area (Å²) in [5.41, 5.74) is 2.13. The summed E-state index contributed by atoms with van der Waals surface area (Å²) < 4.78 is 5.94. The molecule has 134 valence electrons. The fourth-order valence-electron chi connectivity index (χ4n) is 2.73. The summed E-state index contributed by atoms with van der Waals surface area (Å²) in [7, 11) is 0. The number of furan rings is 1. The lowest BCUT2D eigenvalue weighted by Gasteiger charge is -2.05. The number of nitrogens with one attached hydrogen (secondary N) is 1. The normalized spacial score (nSPS) is 10.6. The summed E-state index contributed by atoms with van der Waals surface area (Å²) in [5.74, 6) is 1.87. The van der Waals surface area contributed by atoms with Gasteiger partial charge in [-0.2, -0.15) is 0 Å². The third-order valence-corrected chi connectivity index (χ3v) is 4.61. The Morgan fingerprint density at radius 3 is 2.54 bits per heavy atom. The highest BCUT2D eigenvalue weighted by Gasteiger charge is 2.09. The Morgan fingerprint density at radius 1 is 1.00 bits per heavy atom. The predicted molar refractivity (Wildman–Crippen MR) is 106 cm³/mol. The molecule has 0 saturated carbocycles. The summed E-state index contributed by atoms with van der Waals surface area (Å²) in [5, 5.41) is 4.24. The van der Waals surface area contributed by atoms with Crippen LogP contribution >= 0.6 is 24.0 Å². The van der Waals surface area contributed by atoms with Gasteiger partial charge in [-0.15, -0.1) is 12.4 Å². The van der Waals surface area contributed by atoms with E-state index in [4.69, 9.17) is 16.0 Å². The molecule has 1 heterocycles. The van der Waals surface area contributed by atoms with Crippen LogP contribution < -0.4 is 5.32 Å². The lowest BCUT2D eigenvalue weighted by molar-refractivity contribution is 0.485. The van der Waals surface area contributed by atoms with E-state index >= 15 is 0 Å². The standard InChI is InChI=1S/C20H28ClNO.ClH/c1-3-4-5-6-7-8-14-22-15-17-12-13-20(23-17)18-10-9-11-19(21)16(18)2;/h9-13,22H,3-8,14-15H2,1-2H3;1H. The van der Waals surface area contributed by atoms with E-state index in [1.807, 2.05) is 37.3 Å². The summed E-state index contributed by atoms with van der Waals surface area (Å²) in [6.07, 6.45) is 7.96. The van der Waals surface area contributed by atoms with Crippen LogP contribution in [0.5, 0.6) is 0 Å². The molecule has 0 aliphatic heterocycles. The van der Waals surface area contributed by atoms with Crippen molar-refractivity contribution in [1.29, 1.82) is 0 Å². The molecule has 2 aromatic rings. The smallest absolute Gasteiger partial charge is 0.134 e. The van der Waals surface area contributed by atoms with Crippen molar-refractivity contribution in [3.63, 3.8) is 0 Å². The molecule has 0 spiro atoms. The summed E-state index contributed by atoms with van der Waals surface area (Å²) in [4.78, 5) is 0. The molecular weight excluding hydrogens is 341 g/mol. The topological polar surface area (TPSA) is 25.2 Å². The first-order chi connectivity index (χ1) is 11.2. The van der Waals surface area contributed by atoms with Gasteiger partial charge in [0.1, 0.15) is 11.5 Å². The van der Waals surface area contributed by atoms with Crippen LogP contribution in [0.3, 0.4) is 0 Å². The van der Waals surface area contributed by atoms with Crippen molar-refractivity contribution in [2.24, 2.45) is 0 Å². The molecule has 2 nitrogen and oxygen atoms in total. The molecule has 24 heavy (non-hydrogen) atoms. The van der Waals surface area contributed by atoms with Crippen LogP contribution in [-0.2, 0) is 6.54 Å². The number of halogens is 2. The summed E-state index contributed by atoms with van der Waals surface area (Å²) >= 11 is 6.18. The predicted octanol–water partition coefficient (Wildman–Crippen LogP) is 6.78. The molecule has 0 atom stereocenters. The van der Waals surface area contributed by atoms with Crippen LogP contribution in [0.25, 0.3) is 11.3 Å². The first-order valence-electron chi connectivity index (χ1n) is 8.77. The van der Waals surface area contributed by atoms with E-state index in [1.54, 1.807) is 0 Å². The largest absolute Gasteiger partial charge is 0.460 e. The van der Waals surface area contributed by atoms with Crippen molar-refractivity contribution in [2.45, 2.75) is 58.9 Å². The Morgan fingerprint density at radius 2 is 1.75 bits per heavy atom. The van der Waals surface area contributed by atoms with Gasteiger partial charge in [0.25, 0.3) is 0 Å². The van der Waals surface area contributed by atoms with Gasteiger partial charge in [0.2, 0.25) is 0 Å². The molecular formula is C20H29Cl2NO. The van der Waals surface area contributed by atoms with E-state index in [9.17, 15) is 0 Å². The molecule has 1 aromatic carbocycles. The Balaban J connectivity index is 0.00000288. The average Bonchev–Trinajstić information content (AvgIpc) is 3.01. The first kappa shape index (κ1) is 21.1. The van der Waals surface area contributed by atoms with Gasteiger partial charge in [-0.3, -0.25) is 0 Å². The van der Waals surface area contributed by atoms with E-state index in [0.717, 1.165) is 40.8 Å². The Kier molecular flexibility index (Phi) is 10.2. The van der Waals surface area contributed by atoms with E-state index in [-0.39, 0.29) is 12.4 Å². The molecule has 2 rings (SSSR count). The van der Waals surface area contributed by atoms with Crippen LogP contribution in [0.1, 0.15) is 56.8 Å². The Bertz CT molecular complexity index is 595. The summed E-state index contributed by atoms with van der Waals surface area (Å²) in [6, 6.07) is 9.99. The van der Waals surface area contributed by atoms with Crippen LogP contribution in [0.2, 0.25) is 5.02 Å². The zero-order chi connectivity index (χ0) is 16.5. The minimum absolute atomic E-state index is 0. The van der Waals surface area contributed by atoms with Gasteiger partial charge in [0, 0.05) is 10.6 Å². The second-order valence-electron chi connectivity index (χ2n) is 6.12. The van der Waals surface area contributed by atoms with Crippen molar-refractivity contribution < 1.29 is 4.42 Å². The fraction of sp³-hybridized carbons (Fsp3) is 0.500. The van der Waals surface area contributed by atoms with Crippen molar-refractivity contribution in [3.8, 4) is 11.3 Å². The molecule has 0 aliphatic rings. The maximum Gasteiger partial charge on any atom is 0.134 e. The maximum atomic E-state index is 6.18. The second-order valence-corrected chi connectivity index (χ2v) is 6.53. The average molecular weight is 370 g/mol. The third-order valence-electron chi connectivity index (χ3n) is 4.20. The minimum Gasteiger partial charge on any atom is -0.460 e. The molecule has 0 amide bonds. The number of hydrogen-bond donors (Lipinski definition) is 1. The van der Waals surface area contributed by atoms with Crippen molar-refractivity contribution in [3.05, 3.63) is 46.7 Å². The highest BCUT2D eigenvalue weighted by molar-refractivity contribution is 6.31. The van der Waals surface area contributed by atoms with E-state index in [0.29, 0.717) is 0 Å². The monoisotopic (exact) mass is 369 g/mol. The van der Waals surface area contributed by atoms with Crippen LogP contribution in [-0.4, -0.2) is 6.54 Å². The van der Waals surface area contributed by atoms with E-state index in [2.05, 4.69) is 12.2 Å². The Hall–Kier alpha value is -0.960. The van der Waals surface area contributed by atoms with Crippen molar-refractivity contribution in [1.82, 2.24) is 5.32 Å². The zero-order valence-electron chi connectivity index (χ0n) is 14.7. The van der Waals surface area contributed by atoms with E-state index < -0.39 is 0 Å². The molecule has 4 heteroatoms. The third kappa shape index (κ3) is 6.51. The highest BCUT2D eigenvalue weighted by Crippen LogP contribution is 2.29. The van der Waals surface area contributed by atoms with Gasteiger partial charge in [0.05, 0.1) is 6.54 Å². The molecule has 0 unspecified atom stereocenters. The molecule has 0 radical (unpaired) electrons. The van der Waals surface area contributed by atoms with Gasteiger partial charge in [0.15, 0.2) is 0 Å². The number of rotatable bonds is 10. The van der Waals surface area contributed by atoms with Gasteiger partial charge < -0.3 is 9.73 Å². The summed E-state index contributed by atoms with van der Waals surface area (Å²) in [6.45, 7) is 6.12. The molecule has 0 aliphatic carbocycles. The maximum absolute atomic E-state index is 6.18. The SMILES string of the molecule is CCCCCCCCNCc1ccc(-c2cccc(Cl)c2C)o1.Cl. The second kappa shape index (κ2) is 11.6. The van der Waals surface area contributed by atoms with Gasteiger partial charge >= 0.3 is 0 Å². The van der Waals surface area contributed by atoms with E-state index in [1.165, 1.54) is 38.5 Å².